The molecule has 1 aromatic heterocycles. The van der Waals surface area contributed by atoms with Crippen molar-refractivity contribution in [2.24, 2.45) is 0 Å². The Morgan fingerprint density at radius 3 is 2.54 bits per heavy atom. The third-order valence-corrected chi connectivity index (χ3v) is 3.97. The van der Waals surface area contributed by atoms with E-state index in [-0.39, 0.29) is 0 Å². The Balaban J connectivity index is 1.64. The molecule has 0 aliphatic rings. The van der Waals surface area contributed by atoms with Gasteiger partial charge in [0.15, 0.2) is 0 Å². The van der Waals surface area contributed by atoms with Crippen LogP contribution >= 0.6 is 11.6 Å². The van der Waals surface area contributed by atoms with Gasteiger partial charge in [-0.1, -0.05) is 23.7 Å². The Labute approximate surface area is 157 Å². The van der Waals surface area contributed by atoms with E-state index in [1.54, 1.807) is 12.1 Å². The zero-order chi connectivity index (χ0) is 18.4. The molecule has 0 saturated heterocycles. The van der Waals surface area contributed by atoms with E-state index < -0.39 is 0 Å². The molecule has 0 aliphatic carbocycles. The van der Waals surface area contributed by atoms with Crippen molar-refractivity contribution in [3.05, 3.63) is 76.6 Å². The first kappa shape index (κ1) is 17.7. The third-order valence-electron chi connectivity index (χ3n) is 3.73. The monoisotopic (exact) mass is 363 g/mol. The Hall–Kier alpha value is -3.10. The summed E-state index contributed by atoms with van der Waals surface area (Å²) >= 11 is 6.01. The van der Waals surface area contributed by atoms with Crippen LogP contribution in [0.5, 0.6) is 0 Å². The normalized spacial score (nSPS) is 10.2. The SMILES string of the molecule is Cc1nc(NCCc2cccc(Cl)c2)cc(Nc2ccc(C#N)cc2)n1. The van der Waals surface area contributed by atoms with Crippen LogP contribution in [0.2, 0.25) is 5.02 Å². The van der Waals surface area contributed by atoms with Crippen molar-refractivity contribution in [1.29, 1.82) is 5.26 Å². The first-order chi connectivity index (χ1) is 12.6. The van der Waals surface area contributed by atoms with Crippen molar-refractivity contribution in [2.75, 3.05) is 17.2 Å². The van der Waals surface area contributed by atoms with Gasteiger partial charge in [-0.3, -0.25) is 0 Å². The fourth-order valence-corrected chi connectivity index (χ4v) is 2.74. The number of aryl methyl sites for hydroxylation is 1. The van der Waals surface area contributed by atoms with Crippen LogP contribution in [-0.2, 0) is 6.42 Å². The van der Waals surface area contributed by atoms with Gasteiger partial charge in [0.1, 0.15) is 17.5 Å². The van der Waals surface area contributed by atoms with Crippen molar-refractivity contribution in [3.8, 4) is 6.07 Å². The van der Waals surface area contributed by atoms with Gasteiger partial charge in [-0.25, -0.2) is 9.97 Å². The number of nitrogens with one attached hydrogen (secondary N) is 2. The summed E-state index contributed by atoms with van der Waals surface area (Å²) in [4.78, 5) is 8.83. The predicted molar refractivity (Wildman–Crippen MR) is 105 cm³/mol. The number of rotatable bonds is 6. The Bertz CT molecular complexity index is 932. The summed E-state index contributed by atoms with van der Waals surface area (Å²) in [6.45, 7) is 2.60. The molecule has 26 heavy (non-hydrogen) atoms. The van der Waals surface area contributed by atoms with Crippen LogP contribution in [0.25, 0.3) is 0 Å². The van der Waals surface area contributed by atoms with Crippen LogP contribution in [0.1, 0.15) is 17.0 Å². The van der Waals surface area contributed by atoms with Gasteiger partial charge >= 0.3 is 0 Å². The average molecular weight is 364 g/mol. The minimum atomic E-state index is 0.623. The zero-order valence-electron chi connectivity index (χ0n) is 14.3. The minimum absolute atomic E-state index is 0.623. The first-order valence-electron chi connectivity index (χ1n) is 8.23. The highest BCUT2D eigenvalue weighted by Crippen LogP contribution is 2.18. The van der Waals surface area contributed by atoms with Gasteiger partial charge in [-0.05, 0) is 55.3 Å². The smallest absolute Gasteiger partial charge is 0.136 e. The molecule has 2 N–H and O–H groups in total. The van der Waals surface area contributed by atoms with Crippen molar-refractivity contribution < 1.29 is 0 Å². The molecule has 3 rings (SSSR count). The molecular weight excluding hydrogens is 346 g/mol. The number of benzene rings is 2. The van der Waals surface area contributed by atoms with Gasteiger partial charge in [0.2, 0.25) is 0 Å². The lowest BCUT2D eigenvalue weighted by atomic mass is 10.1. The number of nitrogens with zero attached hydrogens (tertiary/aromatic N) is 3. The van der Waals surface area contributed by atoms with E-state index in [2.05, 4.69) is 32.7 Å². The van der Waals surface area contributed by atoms with Crippen molar-refractivity contribution in [3.63, 3.8) is 0 Å². The molecule has 5 nitrogen and oxygen atoms in total. The highest BCUT2D eigenvalue weighted by Gasteiger charge is 2.03. The van der Waals surface area contributed by atoms with Gasteiger partial charge in [0.25, 0.3) is 0 Å². The Morgan fingerprint density at radius 1 is 1.04 bits per heavy atom. The second-order valence-electron chi connectivity index (χ2n) is 5.81. The summed E-state index contributed by atoms with van der Waals surface area (Å²) in [7, 11) is 0. The minimum Gasteiger partial charge on any atom is -0.370 e. The number of halogens is 1. The summed E-state index contributed by atoms with van der Waals surface area (Å²) < 4.78 is 0. The van der Waals surface area contributed by atoms with E-state index in [1.165, 1.54) is 5.56 Å². The van der Waals surface area contributed by atoms with E-state index in [4.69, 9.17) is 16.9 Å². The number of aromatic nitrogens is 2. The van der Waals surface area contributed by atoms with Crippen molar-refractivity contribution in [2.45, 2.75) is 13.3 Å². The third kappa shape index (κ3) is 4.95. The molecular formula is C20H18ClN5. The zero-order valence-corrected chi connectivity index (χ0v) is 15.1. The number of hydrogen-bond acceptors (Lipinski definition) is 5. The summed E-state index contributed by atoms with van der Waals surface area (Å²) in [5.41, 5.74) is 2.66. The molecule has 0 bridgehead atoms. The van der Waals surface area contributed by atoms with Crippen LogP contribution in [0.4, 0.5) is 17.3 Å². The summed E-state index contributed by atoms with van der Waals surface area (Å²) in [5.74, 6) is 2.14. The van der Waals surface area contributed by atoms with Crippen LogP contribution in [0.15, 0.2) is 54.6 Å². The molecule has 6 heteroatoms. The van der Waals surface area contributed by atoms with E-state index in [9.17, 15) is 0 Å². The Kier molecular flexibility index (Phi) is 5.67. The molecule has 130 valence electrons. The lowest BCUT2D eigenvalue weighted by Gasteiger charge is -2.10. The first-order valence-corrected chi connectivity index (χ1v) is 8.61. The Morgan fingerprint density at radius 2 is 1.81 bits per heavy atom. The second kappa shape index (κ2) is 8.32. The molecule has 0 unspecified atom stereocenters. The maximum Gasteiger partial charge on any atom is 0.136 e. The van der Waals surface area contributed by atoms with E-state index in [0.717, 1.165) is 29.5 Å². The number of nitriles is 1. The lowest BCUT2D eigenvalue weighted by molar-refractivity contribution is 0.983. The fraction of sp³-hybridized carbons (Fsp3) is 0.150. The predicted octanol–water partition coefficient (Wildman–Crippen LogP) is 4.71. The van der Waals surface area contributed by atoms with Gasteiger partial charge in [-0.15, -0.1) is 0 Å². The quantitative estimate of drug-likeness (QED) is 0.663. The molecule has 0 radical (unpaired) electrons. The molecule has 2 aromatic carbocycles. The maximum absolute atomic E-state index is 8.86. The topological polar surface area (TPSA) is 73.6 Å². The van der Waals surface area contributed by atoms with Crippen molar-refractivity contribution in [1.82, 2.24) is 9.97 Å². The molecule has 0 atom stereocenters. The molecule has 0 fully saturated rings. The van der Waals surface area contributed by atoms with Crippen LogP contribution in [0, 0.1) is 18.3 Å². The van der Waals surface area contributed by atoms with E-state index >= 15 is 0 Å². The van der Waals surface area contributed by atoms with Crippen LogP contribution in [-0.4, -0.2) is 16.5 Å². The molecule has 0 aliphatic heterocycles. The van der Waals surface area contributed by atoms with Crippen LogP contribution in [0.3, 0.4) is 0 Å². The van der Waals surface area contributed by atoms with Crippen molar-refractivity contribution >= 4 is 28.9 Å². The lowest BCUT2D eigenvalue weighted by Crippen LogP contribution is -2.08. The number of hydrogen-bond donors (Lipinski definition) is 2. The van der Waals surface area contributed by atoms with Gasteiger partial charge < -0.3 is 10.6 Å². The van der Waals surface area contributed by atoms with Gasteiger partial charge in [-0.2, -0.15) is 5.26 Å². The summed E-state index contributed by atoms with van der Waals surface area (Å²) in [5, 5.41) is 16.2. The highest BCUT2D eigenvalue weighted by molar-refractivity contribution is 6.30. The van der Waals surface area contributed by atoms with Gasteiger partial charge in [0, 0.05) is 23.3 Å². The van der Waals surface area contributed by atoms with E-state index in [1.807, 2.05) is 43.3 Å². The molecule has 1 heterocycles. The fourth-order valence-electron chi connectivity index (χ4n) is 2.53. The summed E-state index contributed by atoms with van der Waals surface area (Å²) in [6.07, 6.45) is 0.849. The van der Waals surface area contributed by atoms with Gasteiger partial charge in [0.05, 0.1) is 11.6 Å². The molecule has 3 aromatic rings. The second-order valence-corrected chi connectivity index (χ2v) is 6.24. The summed E-state index contributed by atoms with van der Waals surface area (Å²) in [6, 6.07) is 19.0. The molecule has 0 amide bonds. The molecule has 0 spiro atoms. The largest absolute Gasteiger partial charge is 0.370 e. The standard InChI is InChI=1S/C20H18ClN5/c1-14-24-19(23-10-9-15-3-2-4-17(21)11-15)12-20(25-14)26-18-7-5-16(13-22)6-8-18/h2-8,11-12H,9-10H2,1H3,(H2,23,24,25,26). The molecule has 0 saturated carbocycles. The average Bonchev–Trinajstić information content (AvgIpc) is 2.62. The van der Waals surface area contributed by atoms with Crippen LogP contribution < -0.4 is 10.6 Å². The van der Waals surface area contributed by atoms with E-state index in [0.29, 0.717) is 17.2 Å². The highest BCUT2D eigenvalue weighted by atomic mass is 35.5. The maximum atomic E-state index is 8.86. The number of anilines is 3.